The lowest BCUT2D eigenvalue weighted by molar-refractivity contribution is -0.137. The molecule has 1 aliphatic heterocycles. The maximum atomic E-state index is 12.5. The number of benzene rings is 2. The average Bonchev–Trinajstić information content (AvgIpc) is 2.46. The standard InChI is InChI=1S/C16H14F3N.ClH/c17-16(18,19)15-5-3-11(4-6-15)12-1-2-14-10-20-8-7-13(14)9-12;/h1-6,9,20H,7-8,10H2;1H. The van der Waals surface area contributed by atoms with Crippen molar-refractivity contribution in [2.75, 3.05) is 6.54 Å². The van der Waals surface area contributed by atoms with E-state index in [1.54, 1.807) is 0 Å². The van der Waals surface area contributed by atoms with E-state index in [1.165, 1.54) is 23.3 Å². The molecule has 0 atom stereocenters. The molecule has 0 aliphatic carbocycles. The molecule has 3 rings (SSSR count). The molecule has 1 N–H and O–H groups in total. The molecule has 0 saturated heterocycles. The molecule has 1 nitrogen and oxygen atoms in total. The summed E-state index contributed by atoms with van der Waals surface area (Å²) in [7, 11) is 0. The van der Waals surface area contributed by atoms with Gasteiger partial charge in [0.2, 0.25) is 0 Å². The Balaban J connectivity index is 0.00000161. The van der Waals surface area contributed by atoms with Gasteiger partial charge in [-0.15, -0.1) is 12.4 Å². The number of rotatable bonds is 1. The predicted molar refractivity (Wildman–Crippen MR) is 79.5 cm³/mol. The predicted octanol–water partition coefficient (Wildman–Crippen LogP) is 4.44. The fourth-order valence-electron chi connectivity index (χ4n) is 2.51. The molecule has 0 spiro atoms. The van der Waals surface area contributed by atoms with Gasteiger partial charge in [-0.05, 0) is 47.4 Å². The second kappa shape index (κ2) is 6.08. The first kappa shape index (κ1) is 15.9. The van der Waals surface area contributed by atoms with Crippen molar-refractivity contribution in [2.45, 2.75) is 19.1 Å². The van der Waals surface area contributed by atoms with Gasteiger partial charge >= 0.3 is 6.18 Å². The fraction of sp³-hybridized carbons (Fsp3) is 0.250. The minimum atomic E-state index is -4.28. The molecule has 21 heavy (non-hydrogen) atoms. The van der Waals surface area contributed by atoms with Crippen molar-refractivity contribution in [3.05, 3.63) is 59.2 Å². The summed E-state index contributed by atoms with van der Waals surface area (Å²) in [5.74, 6) is 0. The second-order valence-electron chi connectivity index (χ2n) is 4.99. The summed E-state index contributed by atoms with van der Waals surface area (Å²) in [6.07, 6.45) is -3.32. The Kier molecular flexibility index (Phi) is 4.59. The van der Waals surface area contributed by atoms with Gasteiger partial charge in [-0.2, -0.15) is 13.2 Å². The second-order valence-corrected chi connectivity index (χ2v) is 4.99. The van der Waals surface area contributed by atoms with Crippen LogP contribution in [-0.4, -0.2) is 6.54 Å². The molecule has 0 radical (unpaired) electrons. The third kappa shape index (κ3) is 3.39. The highest BCUT2D eigenvalue weighted by Gasteiger charge is 2.29. The van der Waals surface area contributed by atoms with E-state index in [1.807, 2.05) is 6.07 Å². The van der Waals surface area contributed by atoms with Crippen molar-refractivity contribution in [1.82, 2.24) is 5.32 Å². The van der Waals surface area contributed by atoms with Gasteiger partial charge in [-0.1, -0.05) is 30.3 Å². The van der Waals surface area contributed by atoms with Crippen LogP contribution in [0.5, 0.6) is 0 Å². The fourth-order valence-corrected chi connectivity index (χ4v) is 2.51. The number of hydrogen-bond acceptors (Lipinski definition) is 1. The zero-order chi connectivity index (χ0) is 14.2. The monoisotopic (exact) mass is 313 g/mol. The van der Waals surface area contributed by atoms with Gasteiger partial charge < -0.3 is 5.32 Å². The first-order valence-corrected chi connectivity index (χ1v) is 6.54. The quantitative estimate of drug-likeness (QED) is 0.820. The van der Waals surface area contributed by atoms with Crippen LogP contribution >= 0.6 is 12.4 Å². The van der Waals surface area contributed by atoms with Crippen LogP contribution in [0.25, 0.3) is 11.1 Å². The third-order valence-electron chi connectivity index (χ3n) is 3.64. The molecule has 5 heteroatoms. The lowest BCUT2D eigenvalue weighted by atomic mass is 9.95. The normalized spacial score (nSPS) is 14.2. The number of fused-ring (bicyclic) bond motifs is 1. The van der Waals surface area contributed by atoms with E-state index < -0.39 is 11.7 Å². The van der Waals surface area contributed by atoms with Crippen molar-refractivity contribution in [3.63, 3.8) is 0 Å². The Hall–Kier alpha value is -1.52. The largest absolute Gasteiger partial charge is 0.416 e. The first-order chi connectivity index (χ1) is 9.54. The van der Waals surface area contributed by atoms with Crippen LogP contribution in [0, 0.1) is 0 Å². The Morgan fingerprint density at radius 3 is 2.19 bits per heavy atom. The van der Waals surface area contributed by atoms with Gasteiger partial charge in [0.1, 0.15) is 0 Å². The molecular formula is C16H15ClF3N. The topological polar surface area (TPSA) is 12.0 Å². The van der Waals surface area contributed by atoms with E-state index in [0.717, 1.165) is 42.8 Å². The van der Waals surface area contributed by atoms with Gasteiger partial charge in [-0.3, -0.25) is 0 Å². The minimum Gasteiger partial charge on any atom is -0.312 e. The summed E-state index contributed by atoms with van der Waals surface area (Å²) < 4.78 is 37.6. The van der Waals surface area contributed by atoms with Gasteiger partial charge in [0.25, 0.3) is 0 Å². The molecule has 0 bridgehead atoms. The van der Waals surface area contributed by atoms with Crippen LogP contribution in [0.4, 0.5) is 13.2 Å². The Labute approximate surface area is 127 Å². The maximum absolute atomic E-state index is 12.5. The van der Waals surface area contributed by atoms with Crippen molar-refractivity contribution in [3.8, 4) is 11.1 Å². The van der Waals surface area contributed by atoms with Gasteiger partial charge in [0.15, 0.2) is 0 Å². The zero-order valence-corrected chi connectivity index (χ0v) is 12.0. The minimum absolute atomic E-state index is 0. The Morgan fingerprint density at radius 1 is 0.857 bits per heavy atom. The molecule has 112 valence electrons. The van der Waals surface area contributed by atoms with Crippen LogP contribution in [0.15, 0.2) is 42.5 Å². The zero-order valence-electron chi connectivity index (χ0n) is 11.2. The van der Waals surface area contributed by atoms with Crippen LogP contribution < -0.4 is 5.32 Å². The van der Waals surface area contributed by atoms with Crippen LogP contribution in [0.3, 0.4) is 0 Å². The summed E-state index contributed by atoms with van der Waals surface area (Å²) in [6, 6.07) is 11.4. The molecule has 0 amide bonds. The number of alkyl halides is 3. The lowest BCUT2D eigenvalue weighted by Gasteiger charge is -2.18. The van der Waals surface area contributed by atoms with Gasteiger partial charge in [-0.25, -0.2) is 0 Å². The van der Waals surface area contributed by atoms with Crippen molar-refractivity contribution in [1.29, 1.82) is 0 Å². The molecule has 0 aromatic heterocycles. The number of nitrogens with one attached hydrogen (secondary N) is 1. The van der Waals surface area contributed by atoms with Crippen LogP contribution in [0.1, 0.15) is 16.7 Å². The summed E-state index contributed by atoms with van der Waals surface area (Å²) in [5, 5.41) is 3.30. The smallest absolute Gasteiger partial charge is 0.312 e. The molecule has 2 aromatic carbocycles. The molecule has 2 aromatic rings. The summed E-state index contributed by atoms with van der Waals surface area (Å²) in [4.78, 5) is 0. The molecule has 0 fully saturated rings. The van der Waals surface area contributed by atoms with E-state index in [0.29, 0.717) is 0 Å². The Bertz CT molecular complexity index is 620. The maximum Gasteiger partial charge on any atom is 0.416 e. The molecule has 1 heterocycles. The van der Waals surface area contributed by atoms with Crippen molar-refractivity contribution >= 4 is 12.4 Å². The lowest BCUT2D eigenvalue weighted by Crippen LogP contribution is -2.23. The highest BCUT2D eigenvalue weighted by molar-refractivity contribution is 5.85. The van der Waals surface area contributed by atoms with E-state index in [2.05, 4.69) is 17.4 Å². The van der Waals surface area contributed by atoms with E-state index in [-0.39, 0.29) is 12.4 Å². The first-order valence-electron chi connectivity index (χ1n) is 6.54. The van der Waals surface area contributed by atoms with Crippen molar-refractivity contribution in [2.24, 2.45) is 0 Å². The molecule has 0 saturated carbocycles. The summed E-state index contributed by atoms with van der Waals surface area (Å²) >= 11 is 0. The highest BCUT2D eigenvalue weighted by Crippen LogP contribution is 2.31. The average molecular weight is 314 g/mol. The van der Waals surface area contributed by atoms with E-state index in [4.69, 9.17) is 0 Å². The van der Waals surface area contributed by atoms with E-state index in [9.17, 15) is 13.2 Å². The third-order valence-corrected chi connectivity index (χ3v) is 3.64. The Morgan fingerprint density at radius 2 is 1.52 bits per heavy atom. The SMILES string of the molecule is Cl.FC(F)(F)c1ccc(-c2ccc3c(c2)CCNC3)cc1. The van der Waals surface area contributed by atoms with Crippen LogP contribution in [0.2, 0.25) is 0 Å². The van der Waals surface area contributed by atoms with Gasteiger partial charge in [0.05, 0.1) is 5.56 Å². The summed E-state index contributed by atoms with van der Waals surface area (Å²) in [6.45, 7) is 1.81. The highest BCUT2D eigenvalue weighted by atomic mass is 35.5. The van der Waals surface area contributed by atoms with Crippen LogP contribution in [-0.2, 0) is 19.1 Å². The molecule has 0 unspecified atom stereocenters. The summed E-state index contributed by atoms with van der Waals surface area (Å²) in [5.41, 5.74) is 3.73. The van der Waals surface area contributed by atoms with E-state index >= 15 is 0 Å². The number of halogens is 4. The molecular weight excluding hydrogens is 299 g/mol. The van der Waals surface area contributed by atoms with Crippen molar-refractivity contribution < 1.29 is 13.2 Å². The number of hydrogen-bond donors (Lipinski definition) is 1. The molecule has 1 aliphatic rings. The van der Waals surface area contributed by atoms with Gasteiger partial charge in [0, 0.05) is 6.54 Å².